The standard InChI is InChI=1S/C21H29NO2/c1-7-13-16(8-2)20(22(4)5)19(21(23)24-6)18(9-3)17-14-11-10-12-15-17/h7-15,19-20H,1-6H3/b13-7-,16-8+,18-9?. The zero-order valence-corrected chi connectivity index (χ0v) is 15.6. The summed E-state index contributed by atoms with van der Waals surface area (Å²) in [5.41, 5.74) is 3.11. The van der Waals surface area contributed by atoms with Crippen molar-refractivity contribution in [2.45, 2.75) is 26.8 Å². The molecule has 1 rings (SSSR count). The number of rotatable bonds is 7. The summed E-state index contributed by atoms with van der Waals surface area (Å²) in [5.74, 6) is -0.630. The van der Waals surface area contributed by atoms with Crippen molar-refractivity contribution in [3.8, 4) is 0 Å². The Kier molecular flexibility index (Phi) is 8.20. The Bertz CT molecular complexity index is 612. The molecule has 24 heavy (non-hydrogen) atoms. The fourth-order valence-corrected chi connectivity index (χ4v) is 3.06. The molecule has 0 bridgehead atoms. The maximum absolute atomic E-state index is 12.7. The van der Waals surface area contributed by atoms with Crippen LogP contribution in [0.4, 0.5) is 0 Å². The largest absolute Gasteiger partial charge is 0.468 e. The molecule has 0 amide bonds. The van der Waals surface area contributed by atoms with Crippen LogP contribution in [0.5, 0.6) is 0 Å². The summed E-state index contributed by atoms with van der Waals surface area (Å²) < 4.78 is 5.16. The van der Waals surface area contributed by atoms with Crippen LogP contribution >= 0.6 is 0 Å². The summed E-state index contributed by atoms with van der Waals surface area (Å²) in [5, 5.41) is 0. The minimum atomic E-state index is -0.403. The highest BCUT2D eigenvalue weighted by Crippen LogP contribution is 2.32. The normalized spacial score (nSPS) is 15.6. The summed E-state index contributed by atoms with van der Waals surface area (Å²) in [6.07, 6.45) is 8.12. The summed E-state index contributed by atoms with van der Waals surface area (Å²) in [7, 11) is 5.43. The summed E-state index contributed by atoms with van der Waals surface area (Å²) >= 11 is 0. The van der Waals surface area contributed by atoms with Crippen molar-refractivity contribution >= 4 is 11.5 Å². The molecule has 0 fully saturated rings. The van der Waals surface area contributed by atoms with Gasteiger partial charge in [0.15, 0.2) is 0 Å². The van der Waals surface area contributed by atoms with Gasteiger partial charge in [-0.05, 0) is 51.6 Å². The number of likely N-dealkylation sites (N-methyl/N-ethyl adjacent to an activating group) is 1. The Balaban J connectivity index is 3.50. The number of hydrogen-bond acceptors (Lipinski definition) is 3. The van der Waals surface area contributed by atoms with E-state index < -0.39 is 5.92 Å². The highest BCUT2D eigenvalue weighted by molar-refractivity contribution is 5.90. The van der Waals surface area contributed by atoms with Crippen LogP contribution in [0.3, 0.4) is 0 Å². The first-order valence-electron chi connectivity index (χ1n) is 8.26. The lowest BCUT2D eigenvalue weighted by Crippen LogP contribution is -2.41. The van der Waals surface area contributed by atoms with Gasteiger partial charge in [-0.2, -0.15) is 0 Å². The van der Waals surface area contributed by atoms with E-state index in [0.717, 1.165) is 16.7 Å². The first kappa shape index (κ1) is 19.9. The maximum Gasteiger partial charge on any atom is 0.315 e. The van der Waals surface area contributed by atoms with E-state index >= 15 is 0 Å². The van der Waals surface area contributed by atoms with Crippen LogP contribution in [0, 0.1) is 5.92 Å². The Hall–Kier alpha value is -2.13. The highest BCUT2D eigenvalue weighted by Gasteiger charge is 2.35. The second-order valence-electron chi connectivity index (χ2n) is 5.81. The first-order valence-corrected chi connectivity index (χ1v) is 8.26. The van der Waals surface area contributed by atoms with Gasteiger partial charge in [0.25, 0.3) is 0 Å². The molecule has 0 aliphatic carbocycles. The molecule has 0 aromatic heterocycles. The molecular weight excluding hydrogens is 298 g/mol. The van der Waals surface area contributed by atoms with Crippen molar-refractivity contribution in [1.82, 2.24) is 4.90 Å². The monoisotopic (exact) mass is 327 g/mol. The van der Waals surface area contributed by atoms with Crippen LogP contribution in [0.15, 0.2) is 60.2 Å². The van der Waals surface area contributed by atoms with Crippen molar-refractivity contribution < 1.29 is 9.53 Å². The number of nitrogens with zero attached hydrogens (tertiary/aromatic N) is 1. The van der Waals surface area contributed by atoms with Crippen molar-refractivity contribution in [3.63, 3.8) is 0 Å². The number of esters is 1. The number of carbonyl (C=O) groups excluding carboxylic acids is 1. The summed E-state index contributed by atoms with van der Waals surface area (Å²) in [6, 6.07) is 9.90. The molecule has 0 saturated carbocycles. The Morgan fingerprint density at radius 3 is 2.12 bits per heavy atom. The SMILES string of the molecule is CC=C(c1ccccc1)C(C(=O)OC)C(C(/C=C\C)=C/C)N(C)C. The Morgan fingerprint density at radius 1 is 1.08 bits per heavy atom. The van der Waals surface area contributed by atoms with E-state index in [1.807, 2.05) is 77.4 Å². The number of carbonyl (C=O) groups is 1. The average molecular weight is 327 g/mol. The van der Waals surface area contributed by atoms with E-state index in [2.05, 4.69) is 17.1 Å². The van der Waals surface area contributed by atoms with Gasteiger partial charge in [-0.15, -0.1) is 0 Å². The molecular formula is C21H29NO2. The van der Waals surface area contributed by atoms with Crippen LogP contribution in [0.2, 0.25) is 0 Å². The molecule has 2 unspecified atom stereocenters. The number of benzene rings is 1. The quantitative estimate of drug-likeness (QED) is 0.551. The fraction of sp³-hybridized carbons (Fsp3) is 0.381. The van der Waals surface area contributed by atoms with Crippen LogP contribution in [-0.2, 0) is 9.53 Å². The second-order valence-corrected chi connectivity index (χ2v) is 5.81. The number of hydrogen-bond donors (Lipinski definition) is 0. The lowest BCUT2D eigenvalue weighted by molar-refractivity contribution is -0.144. The zero-order chi connectivity index (χ0) is 18.1. The molecule has 1 aromatic rings. The topological polar surface area (TPSA) is 29.5 Å². The zero-order valence-electron chi connectivity index (χ0n) is 15.6. The minimum absolute atomic E-state index is 0.106. The van der Waals surface area contributed by atoms with E-state index in [9.17, 15) is 4.79 Å². The minimum Gasteiger partial charge on any atom is -0.468 e. The van der Waals surface area contributed by atoms with E-state index in [1.165, 1.54) is 7.11 Å². The van der Waals surface area contributed by atoms with Crippen molar-refractivity contribution in [1.29, 1.82) is 0 Å². The highest BCUT2D eigenvalue weighted by atomic mass is 16.5. The lowest BCUT2D eigenvalue weighted by Gasteiger charge is -2.33. The van der Waals surface area contributed by atoms with Gasteiger partial charge in [-0.3, -0.25) is 4.79 Å². The predicted octanol–water partition coefficient (Wildman–Crippen LogP) is 4.33. The van der Waals surface area contributed by atoms with Crippen LogP contribution in [0.25, 0.3) is 5.57 Å². The molecule has 0 heterocycles. The van der Waals surface area contributed by atoms with Gasteiger partial charge < -0.3 is 9.64 Å². The Labute approximate surface area is 146 Å². The first-order chi connectivity index (χ1) is 11.5. The van der Waals surface area contributed by atoms with Crippen molar-refractivity contribution in [2.24, 2.45) is 5.92 Å². The Morgan fingerprint density at radius 2 is 1.71 bits per heavy atom. The summed E-state index contributed by atoms with van der Waals surface area (Å²) in [6.45, 7) is 5.95. The van der Waals surface area contributed by atoms with Gasteiger partial charge in [-0.1, -0.05) is 54.6 Å². The molecule has 3 heteroatoms. The van der Waals surface area contributed by atoms with Gasteiger partial charge in [0.2, 0.25) is 0 Å². The van der Waals surface area contributed by atoms with E-state index in [1.54, 1.807) is 0 Å². The fourth-order valence-electron chi connectivity index (χ4n) is 3.06. The molecule has 1 aromatic carbocycles. The molecule has 3 nitrogen and oxygen atoms in total. The number of allylic oxidation sites excluding steroid dienone is 3. The third kappa shape index (κ3) is 4.68. The van der Waals surface area contributed by atoms with E-state index in [0.29, 0.717) is 0 Å². The molecule has 0 aliphatic heterocycles. The van der Waals surface area contributed by atoms with Crippen LogP contribution in [-0.4, -0.2) is 38.1 Å². The lowest BCUT2D eigenvalue weighted by atomic mass is 9.82. The van der Waals surface area contributed by atoms with Crippen LogP contribution in [0.1, 0.15) is 26.3 Å². The van der Waals surface area contributed by atoms with E-state index in [-0.39, 0.29) is 12.0 Å². The van der Waals surface area contributed by atoms with Gasteiger partial charge in [0.05, 0.1) is 13.2 Å². The van der Waals surface area contributed by atoms with Gasteiger partial charge in [0, 0.05) is 0 Å². The molecule has 130 valence electrons. The van der Waals surface area contributed by atoms with Crippen LogP contribution < -0.4 is 0 Å². The molecule has 0 spiro atoms. The van der Waals surface area contributed by atoms with Gasteiger partial charge in [-0.25, -0.2) is 0 Å². The van der Waals surface area contributed by atoms with Gasteiger partial charge >= 0.3 is 5.97 Å². The van der Waals surface area contributed by atoms with Gasteiger partial charge in [0.1, 0.15) is 5.92 Å². The predicted molar refractivity (Wildman–Crippen MR) is 102 cm³/mol. The molecule has 0 saturated heterocycles. The number of methoxy groups -OCH3 is 1. The molecule has 2 atom stereocenters. The van der Waals surface area contributed by atoms with E-state index in [4.69, 9.17) is 4.74 Å². The maximum atomic E-state index is 12.7. The van der Waals surface area contributed by atoms with Crippen molar-refractivity contribution in [3.05, 3.63) is 65.8 Å². The molecule has 0 aliphatic rings. The molecule has 0 radical (unpaired) electrons. The van der Waals surface area contributed by atoms with Crippen molar-refractivity contribution in [2.75, 3.05) is 21.2 Å². The third-order valence-electron chi connectivity index (χ3n) is 4.11. The third-order valence-corrected chi connectivity index (χ3v) is 4.11. The second kappa shape index (κ2) is 9.89. The smallest absolute Gasteiger partial charge is 0.315 e. The summed E-state index contributed by atoms with van der Waals surface area (Å²) in [4.78, 5) is 14.8. The molecule has 0 N–H and O–H groups in total. The average Bonchev–Trinajstić information content (AvgIpc) is 2.60. The number of ether oxygens (including phenoxy) is 1.